The predicted octanol–water partition coefficient (Wildman–Crippen LogP) is 0.784. The molecule has 0 bridgehead atoms. The lowest BCUT2D eigenvalue weighted by atomic mass is 10.3. The van der Waals surface area contributed by atoms with Gasteiger partial charge in [0.15, 0.2) is 5.82 Å². The predicted molar refractivity (Wildman–Crippen MR) is 54.3 cm³/mol. The Balaban J connectivity index is 2.71. The monoisotopic (exact) mass is 211 g/mol. The summed E-state index contributed by atoms with van der Waals surface area (Å²) in [5.74, 6) is 1.32. The van der Waals surface area contributed by atoms with Crippen LogP contribution >= 0.6 is 11.6 Å². The molecule has 74 valence electrons. The molecule has 0 fully saturated rings. The van der Waals surface area contributed by atoms with Gasteiger partial charge in [0.05, 0.1) is 27.0 Å². The van der Waals surface area contributed by atoms with E-state index in [0.29, 0.717) is 16.0 Å². The Morgan fingerprint density at radius 2 is 2.00 bits per heavy atom. The number of halogens is 1. The number of nitrogens with zero attached hydrogens (tertiary/aromatic N) is 5. The number of imidazole rings is 1. The van der Waals surface area contributed by atoms with E-state index < -0.39 is 0 Å². The number of quaternary nitrogens is 1. The molecule has 0 aromatic carbocycles. The summed E-state index contributed by atoms with van der Waals surface area (Å²) in [6.45, 7) is 0. The van der Waals surface area contributed by atoms with Crippen LogP contribution in [-0.2, 0) is 0 Å². The van der Waals surface area contributed by atoms with E-state index in [1.165, 1.54) is 6.33 Å². The van der Waals surface area contributed by atoms with E-state index in [0.717, 1.165) is 5.82 Å². The zero-order valence-corrected chi connectivity index (χ0v) is 8.95. The van der Waals surface area contributed by atoms with Gasteiger partial charge in [0.25, 0.3) is 0 Å². The molecule has 0 spiro atoms. The summed E-state index contributed by atoms with van der Waals surface area (Å²) >= 11 is 5.79. The van der Waals surface area contributed by atoms with Gasteiger partial charge < -0.3 is 9.97 Å². The van der Waals surface area contributed by atoms with E-state index in [9.17, 15) is 0 Å². The van der Waals surface area contributed by atoms with Gasteiger partial charge in [-0.3, -0.25) is 4.48 Å². The largest absolute Gasteiger partial charge is 0.408 e. The first kappa shape index (κ1) is 9.36. The number of aromatic nitrogens is 4. The number of fused-ring (bicyclic) bond motifs is 1. The summed E-state index contributed by atoms with van der Waals surface area (Å²) in [6, 6.07) is 0. The fourth-order valence-electron chi connectivity index (χ4n) is 1.22. The molecular weight excluding hydrogens is 202 g/mol. The molecule has 0 saturated carbocycles. The van der Waals surface area contributed by atoms with Crippen LogP contribution in [-0.4, -0.2) is 36.1 Å². The third-order valence-electron chi connectivity index (χ3n) is 1.82. The third-order valence-corrected chi connectivity index (χ3v) is 1.99. The molecule has 0 aromatic heterocycles. The number of hydrogen-bond donors (Lipinski definition) is 0. The molecule has 0 atom stereocenters. The van der Waals surface area contributed by atoms with Crippen LogP contribution in [0.15, 0.2) is 6.33 Å². The molecule has 0 radical (unpaired) electrons. The molecule has 0 aliphatic carbocycles. The van der Waals surface area contributed by atoms with Crippen molar-refractivity contribution >= 4 is 17.4 Å². The van der Waals surface area contributed by atoms with E-state index in [1.807, 2.05) is 21.1 Å². The van der Waals surface area contributed by atoms with Crippen LogP contribution in [0.1, 0.15) is 0 Å². The first-order chi connectivity index (χ1) is 6.48. The molecule has 0 saturated heterocycles. The van der Waals surface area contributed by atoms with Gasteiger partial charge in [-0.05, 0) is 0 Å². The summed E-state index contributed by atoms with van der Waals surface area (Å²) in [5.41, 5.74) is 0.710. The summed E-state index contributed by atoms with van der Waals surface area (Å²) in [7, 11) is 5.98. The molecule has 2 aliphatic rings. The first-order valence-electron chi connectivity index (χ1n) is 4.11. The average molecular weight is 212 g/mol. The molecule has 2 aliphatic heterocycles. The van der Waals surface area contributed by atoms with Crippen molar-refractivity contribution in [3.05, 3.63) is 11.6 Å². The second kappa shape index (κ2) is 2.90. The second-order valence-corrected chi connectivity index (χ2v) is 4.21. The zero-order chi connectivity index (χ0) is 10.3. The van der Waals surface area contributed by atoms with Crippen molar-refractivity contribution in [2.75, 3.05) is 21.1 Å². The molecular formula is C8H10ClN5. The fraction of sp³-hybridized carbons (Fsp3) is 0.375. The third kappa shape index (κ3) is 1.44. The number of rotatable bonds is 1. The Morgan fingerprint density at radius 3 is 2.64 bits per heavy atom. The van der Waals surface area contributed by atoms with Crippen molar-refractivity contribution < 1.29 is 0 Å². The summed E-state index contributed by atoms with van der Waals surface area (Å²) in [6.07, 6.45) is 1.47. The lowest BCUT2D eigenvalue weighted by molar-refractivity contribution is 0.471. The van der Waals surface area contributed by atoms with Crippen LogP contribution < -0.4 is 9.47 Å². The fourth-order valence-corrected chi connectivity index (χ4v) is 1.38. The van der Waals surface area contributed by atoms with Gasteiger partial charge in [0.2, 0.25) is 0 Å². The van der Waals surface area contributed by atoms with Crippen molar-refractivity contribution in [3.63, 3.8) is 0 Å². The van der Waals surface area contributed by atoms with Crippen molar-refractivity contribution in [2.45, 2.75) is 0 Å². The van der Waals surface area contributed by atoms with Crippen LogP contribution in [0, 0.1) is 0 Å². The second-order valence-electron chi connectivity index (χ2n) is 3.87. The first-order valence-corrected chi connectivity index (χ1v) is 4.49. The molecule has 14 heavy (non-hydrogen) atoms. The summed E-state index contributed by atoms with van der Waals surface area (Å²) in [4.78, 5) is 16.3. The molecule has 0 amide bonds. The Morgan fingerprint density at radius 1 is 1.29 bits per heavy atom. The maximum Gasteiger partial charge on any atom is 0.156 e. The van der Waals surface area contributed by atoms with E-state index in [1.54, 1.807) is 0 Å². The van der Waals surface area contributed by atoms with Crippen LogP contribution in [0.2, 0.25) is 5.28 Å². The zero-order valence-electron chi connectivity index (χ0n) is 8.19. The smallest absolute Gasteiger partial charge is 0.156 e. The average Bonchev–Trinajstić information content (AvgIpc) is 2.47. The maximum absolute atomic E-state index is 5.79. The van der Waals surface area contributed by atoms with E-state index >= 15 is 0 Å². The quantitative estimate of drug-likeness (QED) is 0.517. The molecule has 2 rings (SSSR count). The van der Waals surface area contributed by atoms with Crippen molar-refractivity contribution in [2.24, 2.45) is 0 Å². The van der Waals surface area contributed by atoms with E-state index in [4.69, 9.17) is 11.6 Å². The highest BCUT2D eigenvalue weighted by Crippen LogP contribution is 2.27. The van der Waals surface area contributed by atoms with Crippen molar-refractivity contribution in [1.82, 2.24) is 24.4 Å². The summed E-state index contributed by atoms with van der Waals surface area (Å²) in [5, 5.41) is 0.209. The molecule has 6 heteroatoms. The van der Waals surface area contributed by atoms with Crippen molar-refractivity contribution in [1.29, 1.82) is 0 Å². The summed E-state index contributed by atoms with van der Waals surface area (Å²) < 4.78 is 0.539. The molecule has 0 N–H and O–H groups in total. The van der Waals surface area contributed by atoms with Gasteiger partial charge in [-0.25, -0.2) is 9.97 Å². The van der Waals surface area contributed by atoms with Gasteiger partial charge in [-0.2, -0.15) is 0 Å². The van der Waals surface area contributed by atoms with Crippen molar-refractivity contribution in [3.8, 4) is 11.5 Å². The maximum atomic E-state index is 5.79. The lowest BCUT2D eigenvalue weighted by Gasteiger charge is -2.28. The van der Waals surface area contributed by atoms with Gasteiger partial charge in [0, 0.05) is 5.28 Å². The van der Waals surface area contributed by atoms with E-state index in [-0.39, 0.29) is 5.28 Å². The minimum Gasteiger partial charge on any atom is -0.408 e. The van der Waals surface area contributed by atoms with Gasteiger partial charge in [0.1, 0.15) is 12.0 Å². The highest BCUT2D eigenvalue weighted by Gasteiger charge is 2.19. The minimum atomic E-state index is 0.209. The Bertz CT molecular complexity index is 430. The van der Waals surface area contributed by atoms with Crippen LogP contribution in [0.3, 0.4) is 0 Å². The minimum absolute atomic E-state index is 0.209. The molecule has 0 unspecified atom stereocenters. The van der Waals surface area contributed by atoms with Crippen LogP contribution in [0.25, 0.3) is 11.5 Å². The Kier molecular flexibility index (Phi) is 1.94. The number of hydrogen-bond acceptors (Lipinski definition) is 3. The standard InChI is InChI=1S/C8H10ClN5/c1-14(2,3)7-5-6(11-4-10-5)12-8(9)13-7/h4H,1-3H3. The SMILES string of the molecule is C[N+](C)(C)c1[n-]c(Cl)nc2ncnc1-2. The Labute approximate surface area is 86.7 Å². The van der Waals surface area contributed by atoms with Crippen LogP contribution in [0.5, 0.6) is 0 Å². The lowest BCUT2D eigenvalue weighted by Crippen LogP contribution is -2.37. The van der Waals surface area contributed by atoms with E-state index in [2.05, 4.69) is 19.9 Å². The molecule has 2 heterocycles. The topological polar surface area (TPSA) is 52.8 Å². The Hall–Kier alpha value is -1.20. The van der Waals surface area contributed by atoms with Gasteiger partial charge in [-0.15, -0.1) is 0 Å². The van der Waals surface area contributed by atoms with Gasteiger partial charge >= 0.3 is 0 Å². The highest BCUT2D eigenvalue weighted by atomic mass is 35.5. The van der Waals surface area contributed by atoms with Gasteiger partial charge in [-0.1, -0.05) is 11.6 Å². The molecule has 0 aromatic rings. The normalized spacial score (nSPS) is 12.3. The molecule has 5 nitrogen and oxygen atoms in total. The highest BCUT2D eigenvalue weighted by molar-refractivity contribution is 6.28. The van der Waals surface area contributed by atoms with Crippen LogP contribution in [0.4, 0.5) is 5.82 Å².